The Morgan fingerprint density at radius 2 is 1.17 bits per heavy atom. The highest BCUT2D eigenvalue weighted by molar-refractivity contribution is 5.78. The van der Waals surface area contributed by atoms with Crippen molar-refractivity contribution < 1.29 is 52.5 Å². The molecule has 0 spiro atoms. The zero-order chi connectivity index (χ0) is 35.6. The van der Waals surface area contributed by atoms with E-state index in [0.717, 1.165) is 0 Å². The van der Waals surface area contributed by atoms with Crippen LogP contribution in [0.5, 0.6) is 5.75 Å². The Bertz CT molecular complexity index is 1310. The van der Waals surface area contributed by atoms with Gasteiger partial charge in [0.2, 0.25) is 12.4 Å². The minimum absolute atomic E-state index is 0.201. The van der Waals surface area contributed by atoms with E-state index in [-0.39, 0.29) is 11.4 Å². The van der Waals surface area contributed by atoms with Crippen molar-refractivity contribution in [2.24, 2.45) is 21.7 Å². The number of benzene rings is 1. The van der Waals surface area contributed by atoms with E-state index in [9.17, 15) is 29.3 Å². The van der Waals surface area contributed by atoms with Gasteiger partial charge < -0.3 is 34.2 Å². The van der Waals surface area contributed by atoms with Crippen molar-refractivity contribution in [3.8, 4) is 5.75 Å². The van der Waals surface area contributed by atoms with Gasteiger partial charge in [0.1, 0.15) is 12.7 Å². The predicted octanol–water partition coefficient (Wildman–Crippen LogP) is 4.74. The van der Waals surface area contributed by atoms with Crippen LogP contribution in [0.25, 0.3) is 0 Å². The summed E-state index contributed by atoms with van der Waals surface area (Å²) in [6.07, 6.45) is -7.59. The number of nitrogen functional groups attached to an aromatic ring is 1. The molecule has 1 aromatic rings. The molecule has 5 atom stereocenters. The topological polar surface area (TPSA) is 193 Å². The number of esters is 4. The number of nitro benzene ring substituents is 1. The van der Waals surface area contributed by atoms with Crippen LogP contribution >= 0.6 is 0 Å². The second-order valence-corrected chi connectivity index (χ2v) is 15.3. The van der Waals surface area contributed by atoms with Gasteiger partial charge in [-0.1, -0.05) is 6.07 Å². The molecule has 1 aromatic carbocycles. The highest BCUT2D eigenvalue weighted by Gasteiger charge is 2.55. The number of anilines is 1. The smallest absolute Gasteiger partial charge is 0.311 e. The number of nitro groups is 1. The number of nitrogens with two attached hydrogens (primary N) is 1. The van der Waals surface area contributed by atoms with Gasteiger partial charge >= 0.3 is 23.9 Å². The largest absolute Gasteiger partial charge is 0.462 e. The van der Waals surface area contributed by atoms with Crippen LogP contribution in [0.4, 0.5) is 11.4 Å². The first-order valence-electron chi connectivity index (χ1n) is 14.9. The van der Waals surface area contributed by atoms with Gasteiger partial charge in [-0.25, -0.2) is 0 Å². The number of para-hydroxylation sites is 1. The quantitative estimate of drug-likeness (QED) is 0.133. The number of nitrogens with zero attached hydrogens (tertiary/aromatic N) is 1. The van der Waals surface area contributed by atoms with E-state index in [1.165, 1.54) is 18.2 Å². The summed E-state index contributed by atoms with van der Waals surface area (Å²) in [5, 5.41) is 11.6. The average molecular weight is 653 g/mol. The van der Waals surface area contributed by atoms with Gasteiger partial charge in [0.05, 0.1) is 26.6 Å². The van der Waals surface area contributed by atoms with E-state index in [1.807, 2.05) is 0 Å². The molecule has 258 valence electrons. The van der Waals surface area contributed by atoms with Gasteiger partial charge in [-0.15, -0.1) is 0 Å². The van der Waals surface area contributed by atoms with E-state index in [1.54, 1.807) is 83.1 Å². The Morgan fingerprint density at radius 3 is 1.61 bits per heavy atom. The van der Waals surface area contributed by atoms with Crippen molar-refractivity contribution in [3.05, 3.63) is 28.3 Å². The Balaban J connectivity index is 2.79. The molecule has 0 aliphatic carbocycles. The van der Waals surface area contributed by atoms with Crippen LogP contribution in [-0.2, 0) is 42.9 Å². The Hall–Kier alpha value is -3.94. The highest BCUT2D eigenvalue weighted by atomic mass is 16.7. The highest BCUT2D eigenvalue weighted by Crippen LogP contribution is 2.38. The van der Waals surface area contributed by atoms with E-state index < -0.39 is 93.5 Å². The summed E-state index contributed by atoms with van der Waals surface area (Å²) in [4.78, 5) is 63.6. The molecule has 0 aromatic heterocycles. The third-order valence-electron chi connectivity index (χ3n) is 6.63. The summed E-state index contributed by atoms with van der Waals surface area (Å²) in [5.74, 6) is -3.02. The molecular formula is C32H48N2O12. The van der Waals surface area contributed by atoms with Crippen molar-refractivity contribution in [2.75, 3.05) is 12.3 Å². The molecule has 1 aliphatic rings. The maximum Gasteiger partial charge on any atom is 0.311 e. The van der Waals surface area contributed by atoms with Gasteiger partial charge in [-0.2, -0.15) is 0 Å². The summed E-state index contributed by atoms with van der Waals surface area (Å²) in [6.45, 7) is 18.8. The van der Waals surface area contributed by atoms with Crippen LogP contribution in [-0.4, -0.2) is 66.1 Å². The van der Waals surface area contributed by atoms with Crippen molar-refractivity contribution in [3.63, 3.8) is 0 Å². The average Bonchev–Trinajstić information content (AvgIpc) is 2.88. The summed E-state index contributed by atoms with van der Waals surface area (Å²) in [6, 6.07) is 3.84. The summed E-state index contributed by atoms with van der Waals surface area (Å²) < 4.78 is 35.4. The second kappa shape index (κ2) is 13.8. The van der Waals surface area contributed by atoms with Gasteiger partial charge in [0.25, 0.3) is 5.69 Å². The Morgan fingerprint density at radius 1 is 0.739 bits per heavy atom. The zero-order valence-electron chi connectivity index (χ0n) is 28.7. The van der Waals surface area contributed by atoms with Gasteiger partial charge in [0, 0.05) is 6.07 Å². The van der Waals surface area contributed by atoms with E-state index in [2.05, 4.69) is 0 Å². The molecule has 1 saturated heterocycles. The van der Waals surface area contributed by atoms with E-state index in [4.69, 9.17) is 34.2 Å². The van der Waals surface area contributed by atoms with Crippen LogP contribution in [0.3, 0.4) is 0 Å². The lowest BCUT2D eigenvalue weighted by molar-refractivity contribution is -0.384. The fraction of sp³-hybridized carbons (Fsp3) is 0.688. The molecule has 0 amide bonds. The Labute approximate surface area is 269 Å². The van der Waals surface area contributed by atoms with E-state index >= 15 is 0 Å². The molecular weight excluding hydrogens is 604 g/mol. The third-order valence-corrected chi connectivity index (χ3v) is 6.63. The molecule has 0 saturated carbocycles. The lowest BCUT2D eigenvalue weighted by Gasteiger charge is -2.45. The van der Waals surface area contributed by atoms with Crippen molar-refractivity contribution in [2.45, 2.75) is 114 Å². The first-order chi connectivity index (χ1) is 20.7. The zero-order valence-corrected chi connectivity index (χ0v) is 28.7. The molecule has 1 aliphatic heterocycles. The molecule has 14 heteroatoms. The number of carbonyl (C=O) groups is 4. The maximum absolute atomic E-state index is 13.4. The van der Waals surface area contributed by atoms with Crippen LogP contribution in [0.2, 0.25) is 0 Å². The minimum Gasteiger partial charge on any atom is -0.462 e. The molecule has 2 rings (SSSR count). The fourth-order valence-electron chi connectivity index (χ4n) is 3.70. The van der Waals surface area contributed by atoms with Crippen molar-refractivity contribution in [1.29, 1.82) is 0 Å². The van der Waals surface area contributed by atoms with Gasteiger partial charge in [-0.05, 0) is 89.2 Å². The number of carbonyl (C=O) groups excluding carboxylic acids is 4. The first-order valence-corrected chi connectivity index (χ1v) is 14.9. The lowest BCUT2D eigenvalue weighted by Crippen LogP contribution is -2.65. The third kappa shape index (κ3) is 9.78. The monoisotopic (exact) mass is 652 g/mol. The summed E-state index contributed by atoms with van der Waals surface area (Å²) >= 11 is 0. The molecule has 0 bridgehead atoms. The van der Waals surface area contributed by atoms with Crippen LogP contribution < -0.4 is 10.5 Å². The molecule has 2 N–H and O–H groups in total. The SMILES string of the molecule is CC(C)(C)C(=O)OC[C@H]1O[C@@H](Oc2cccc([N+](=O)[O-])c2N)[C@H](OC(=O)C(C)(C)C)[C@@H](OC(=O)C(C)(C)C)[C@@H]1OC(=O)C(C)(C)C. The number of rotatable bonds is 8. The Kier molecular flexibility index (Phi) is 11.5. The normalized spacial score (nSPS) is 22.3. The first kappa shape index (κ1) is 38.2. The number of hydrogen-bond donors (Lipinski definition) is 1. The second-order valence-electron chi connectivity index (χ2n) is 15.3. The van der Waals surface area contributed by atoms with Crippen molar-refractivity contribution in [1.82, 2.24) is 0 Å². The summed E-state index contributed by atoms with van der Waals surface area (Å²) in [7, 11) is 0. The molecule has 46 heavy (non-hydrogen) atoms. The van der Waals surface area contributed by atoms with Crippen LogP contribution in [0, 0.1) is 31.8 Å². The standard InChI is InChI=1S/C32H48N2O12/c1-29(2,3)25(35)41-16-19-21(44-26(36)30(4,5)6)22(45-27(37)31(7,8)9)23(46-28(38)32(10,11)12)24(43-19)42-18-15-13-14-17(20(18)33)34(39)40/h13-15,19,21-24H,16,33H2,1-12H3/t19-,21-,22+,23-,24-/m1/s1. The fourth-order valence-corrected chi connectivity index (χ4v) is 3.70. The molecule has 14 nitrogen and oxygen atoms in total. The molecule has 1 heterocycles. The minimum atomic E-state index is -1.64. The molecule has 0 unspecified atom stereocenters. The van der Waals surface area contributed by atoms with Gasteiger partial charge in [0.15, 0.2) is 23.6 Å². The van der Waals surface area contributed by atoms with Gasteiger partial charge in [-0.3, -0.25) is 29.3 Å². The predicted molar refractivity (Wildman–Crippen MR) is 165 cm³/mol. The maximum atomic E-state index is 13.4. The lowest BCUT2D eigenvalue weighted by atomic mass is 9.93. The van der Waals surface area contributed by atoms with Crippen LogP contribution in [0.15, 0.2) is 18.2 Å². The van der Waals surface area contributed by atoms with Crippen LogP contribution in [0.1, 0.15) is 83.1 Å². The van der Waals surface area contributed by atoms with E-state index in [0.29, 0.717) is 0 Å². The molecule has 1 fully saturated rings. The van der Waals surface area contributed by atoms with Crippen molar-refractivity contribution >= 4 is 35.3 Å². The number of ether oxygens (including phenoxy) is 6. The summed E-state index contributed by atoms with van der Waals surface area (Å²) in [5.41, 5.74) is 1.17. The number of hydrogen-bond acceptors (Lipinski definition) is 13. The molecule has 0 radical (unpaired) electrons.